The van der Waals surface area contributed by atoms with Crippen LogP contribution in [0.25, 0.3) is 11.3 Å². The Balaban J connectivity index is 1.45. The molecule has 1 amide bonds. The van der Waals surface area contributed by atoms with Crippen LogP contribution in [0.15, 0.2) is 47.8 Å². The van der Waals surface area contributed by atoms with Gasteiger partial charge in [0.15, 0.2) is 6.61 Å². The summed E-state index contributed by atoms with van der Waals surface area (Å²) in [5, 5.41) is 5.90. The zero-order valence-electron chi connectivity index (χ0n) is 16.3. The Morgan fingerprint density at radius 2 is 1.93 bits per heavy atom. The zero-order chi connectivity index (χ0) is 19.9. The number of aromatic nitrogens is 1. The number of benzene rings is 2. The maximum Gasteiger partial charge on any atom is 0.257 e. The van der Waals surface area contributed by atoms with Crippen molar-refractivity contribution in [1.29, 1.82) is 0 Å². The second-order valence-corrected chi connectivity index (χ2v) is 7.46. The minimum absolute atomic E-state index is 0.0132. The van der Waals surface area contributed by atoms with Crippen LogP contribution in [0.2, 0.25) is 0 Å². The molecule has 0 spiro atoms. The van der Waals surface area contributed by atoms with Gasteiger partial charge in [0, 0.05) is 23.9 Å². The van der Waals surface area contributed by atoms with E-state index in [2.05, 4.69) is 10.3 Å². The summed E-state index contributed by atoms with van der Waals surface area (Å²) in [6.07, 6.45) is 0.691. The summed E-state index contributed by atoms with van der Waals surface area (Å²) in [6.45, 7) is 4.51. The molecule has 2 aromatic carbocycles. The molecule has 0 aliphatic carbocycles. The molecule has 0 radical (unpaired) electrons. The molecule has 1 N–H and O–H groups in total. The van der Waals surface area contributed by atoms with Crippen molar-refractivity contribution in [2.24, 2.45) is 0 Å². The number of aryl methyl sites for hydroxylation is 2. The third-order valence-electron chi connectivity index (χ3n) is 4.30. The van der Waals surface area contributed by atoms with Crippen LogP contribution in [0.4, 0.5) is 0 Å². The minimum Gasteiger partial charge on any atom is -0.497 e. The third-order valence-corrected chi connectivity index (χ3v) is 5.21. The fourth-order valence-electron chi connectivity index (χ4n) is 2.69. The van der Waals surface area contributed by atoms with Crippen LogP contribution in [-0.4, -0.2) is 31.2 Å². The van der Waals surface area contributed by atoms with E-state index < -0.39 is 0 Å². The van der Waals surface area contributed by atoms with Gasteiger partial charge in [-0.05, 0) is 55.3 Å². The molecular formula is C22H24N2O3S. The van der Waals surface area contributed by atoms with Crippen LogP contribution in [0.3, 0.4) is 0 Å². The molecule has 0 saturated heterocycles. The van der Waals surface area contributed by atoms with Crippen LogP contribution in [0, 0.1) is 13.8 Å². The average molecular weight is 397 g/mol. The first-order valence-corrected chi connectivity index (χ1v) is 9.98. The smallest absolute Gasteiger partial charge is 0.257 e. The van der Waals surface area contributed by atoms with E-state index in [1.165, 1.54) is 0 Å². The van der Waals surface area contributed by atoms with E-state index >= 15 is 0 Å². The van der Waals surface area contributed by atoms with Crippen molar-refractivity contribution in [3.8, 4) is 22.8 Å². The lowest BCUT2D eigenvalue weighted by molar-refractivity contribution is -0.123. The van der Waals surface area contributed by atoms with Gasteiger partial charge < -0.3 is 14.8 Å². The highest BCUT2D eigenvalue weighted by molar-refractivity contribution is 7.09. The molecule has 1 aromatic heterocycles. The summed E-state index contributed by atoms with van der Waals surface area (Å²) in [5.74, 6) is 1.44. The number of thiazole rings is 1. The van der Waals surface area contributed by atoms with Crippen molar-refractivity contribution in [1.82, 2.24) is 10.3 Å². The Morgan fingerprint density at radius 3 is 2.68 bits per heavy atom. The summed E-state index contributed by atoms with van der Waals surface area (Å²) >= 11 is 1.59. The van der Waals surface area contributed by atoms with Gasteiger partial charge >= 0.3 is 0 Å². The number of carbonyl (C=O) groups is 1. The van der Waals surface area contributed by atoms with Crippen LogP contribution < -0.4 is 14.8 Å². The van der Waals surface area contributed by atoms with Crippen molar-refractivity contribution in [3.63, 3.8) is 0 Å². The lowest BCUT2D eigenvalue weighted by atomic mass is 10.1. The highest BCUT2D eigenvalue weighted by Gasteiger charge is 2.08. The number of amides is 1. The van der Waals surface area contributed by atoms with Gasteiger partial charge in [0.2, 0.25) is 0 Å². The molecule has 28 heavy (non-hydrogen) atoms. The lowest BCUT2D eigenvalue weighted by Gasteiger charge is -2.10. The molecule has 0 unspecified atom stereocenters. The zero-order valence-corrected chi connectivity index (χ0v) is 17.1. The quantitative estimate of drug-likeness (QED) is 0.621. The van der Waals surface area contributed by atoms with Gasteiger partial charge in [0.25, 0.3) is 5.91 Å². The maximum atomic E-state index is 12.0. The molecule has 0 aliphatic rings. The first-order chi connectivity index (χ1) is 13.5. The Labute approximate surface area is 169 Å². The SMILES string of the molecule is COc1ccc(-c2csc(CCNC(=O)COc3cc(C)ccc3C)n2)cc1. The third kappa shape index (κ3) is 5.33. The molecule has 5 nitrogen and oxygen atoms in total. The van der Waals surface area contributed by atoms with Crippen molar-refractivity contribution in [2.75, 3.05) is 20.3 Å². The predicted molar refractivity (Wildman–Crippen MR) is 112 cm³/mol. The molecule has 3 aromatic rings. The summed E-state index contributed by atoms with van der Waals surface area (Å²) in [4.78, 5) is 16.7. The van der Waals surface area contributed by atoms with E-state index in [9.17, 15) is 4.79 Å². The first-order valence-electron chi connectivity index (χ1n) is 9.11. The van der Waals surface area contributed by atoms with Gasteiger partial charge in [-0.15, -0.1) is 11.3 Å². The number of nitrogens with one attached hydrogen (secondary N) is 1. The van der Waals surface area contributed by atoms with Gasteiger partial charge in [0.1, 0.15) is 11.5 Å². The highest BCUT2D eigenvalue weighted by Crippen LogP contribution is 2.24. The normalized spacial score (nSPS) is 10.5. The molecule has 0 aliphatic heterocycles. The molecule has 0 saturated carbocycles. The summed E-state index contributed by atoms with van der Waals surface area (Å²) in [6, 6.07) is 13.8. The standard InChI is InChI=1S/C22H24N2O3S/c1-15-4-5-16(2)20(12-15)27-13-21(25)23-11-10-22-24-19(14-28-22)17-6-8-18(26-3)9-7-17/h4-9,12,14H,10-11,13H2,1-3H3,(H,23,25). The van der Waals surface area contributed by atoms with Crippen molar-refractivity contribution in [3.05, 3.63) is 64.0 Å². The van der Waals surface area contributed by atoms with E-state index in [-0.39, 0.29) is 12.5 Å². The Morgan fingerprint density at radius 1 is 1.14 bits per heavy atom. The Hall–Kier alpha value is -2.86. The van der Waals surface area contributed by atoms with Crippen molar-refractivity contribution < 1.29 is 14.3 Å². The molecule has 6 heteroatoms. The molecule has 0 atom stereocenters. The number of carbonyl (C=O) groups excluding carboxylic acids is 1. The number of methoxy groups -OCH3 is 1. The van der Waals surface area contributed by atoms with E-state index in [0.29, 0.717) is 13.0 Å². The van der Waals surface area contributed by atoms with Crippen LogP contribution >= 0.6 is 11.3 Å². The van der Waals surface area contributed by atoms with Gasteiger partial charge in [-0.2, -0.15) is 0 Å². The molecular weight excluding hydrogens is 372 g/mol. The monoisotopic (exact) mass is 396 g/mol. The maximum absolute atomic E-state index is 12.0. The second kappa shape index (κ2) is 9.37. The van der Waals surface area contributed by atoms with E-state index in [4.69, 9.17) is 9.47 Å². The summed E-state index contributed by atoms with van der Waals surface area (Å²) < 4.78 is 10.8. The molecule has 1 heterocycles. The number of nitrogens with zero attached hydrogens (tertiary/aromatic N) is 1. The molecule has 3 rings (SSSR count). The van der Waals surface area contributed by atoms with Gasteiger partial charge in [-0.3, -0.25) is 4.79 Å². The van der Waals surface area contributed by atoms with E-state index in [1.807, 2.05) is 61.7 Å². The second-order valence-electron chi connectivity index (χ2n) is 6.51. The fourth-order valence-corrected chi connectivity index (χ4v) is 3.49. The summed E-state index contributed by atoms with van der Waals surface area (Å²) in [5.41, 5.74) is 4.12. The largest absolute Gasteiger partial charge is 0.497 e. The van der Waals surface area contributed by atoms with Gasteiger partial charge in [-0.1, -0.05) is 12.1 Å². The number of hydrogen-bond acceptors (Lipinski definition) is 5. The first kappa shape index (κ1) is 19.9. The van der Waals surface area contributed by atoms with E-state index in [1.54, 1.807) is 18.4 Å². The van der Waals surface area contributed by atoms with Gasteiger partial charge in [-0.25, -0.2) is 4.98 Å². The Kier molecular flexibility index (Phi) is 6.66. The lowest BCUT2D eigenvalue weighted by Crippen LogP contribution is -2.30. The molecule has 146 valence electrons. The van der Waals surface area contributed by atoms with Crippen molar-refractivity contribution >= 4 is 17.2 Å². The van der Waals surface area contributed by atoms with Crippen molar-refractivity contribution in [2.45, 2.75) is 20.3 Å². The fraction of sp³-hybridized carbons (Fsp3) is 0.273. The molecule has 0 fully saturated rings. The Bertz CT molecular complexity index is 935. The number of hydrogen-bond donors (Lipinski definition) is 1. The van der Waals surface area contributed by atoms with Crippen LogP contribution in [-0.2, 0) is 11.2 Å². The predicted octanol–water partition coefficient (Wildman–Crippen LogP) is 4.17. The van der Waals surface area contributed by atoms with Gasteiger partial charge in [0.05, 0.1) is 17.8 Å². The van der Waals surface area contributed by atoms with Crippen LogP contribution in [0.5, 0.6) is 11.5 Å². The number of ether oxygens (including phenoxy) is 2. The minimum atomic E-state index is -0.132. The van der Waals surface area contributed by atoms with Crippen LogP contribution in [0.1, 0.15) is 16.1 Å². The average Bonchev–Trinajstić information content (AvgIpc) is 3.17. The highest BCUT2D eigenvalue weighted by atomic mass is 32.1. The molecule has 0 bridgehead atoms. The number of rotatable bonds is 8. The van der Waals surface area contributed by atoms with E-state index in [0.717, 1.165) is 38.9 Å². The topological polar surface area (TPSA) is 60.5 Å². The summed E-state index contributed by atoms with van der Waals surface area (Å²) in [7, 11) is 1.65.